The third-order valence-electron chi connectivity index (χ3n) is 5.16. The van der Waals surface area contributed by atoms with Crippen molar-refractivity contribution < 1.29 is 14.4 Å². The highest BCUT2D eigenvalue weighted by Gasteiger charge is 2.25. The van der Waals surface area contributed by atoms with Crippen LogP contribution in [0.15, 0.2) is 51.9 Å². The Balaban J connectivity index is 1.67. The summed E-state index contributed by atoms with van der Waals surface area (Å²) in [6.45, 7) is 5.16. The van der Waals surface area contributed by atoms with E-state index in [1.54, 1.807) is 19.1 Å². The van der Waals surface area contributed by atoms with E-state index in [9.17, 15) is 15.2 Å². The van der Waals surface area contributed by atoms with E-state index >= 15 is 0 Å². The number of phenolic OH excluding ortho intramolecular Hbond substituents is 1. The van der Waals surface area contributed by atoms with Gasteiger partial charge in [-0.1, -0.05) is 23.7 Å². The number of aryl methyl sites for hydroxylation is 1. The zero-order valence-corrected chi connectivity index (χ0v) is 17.8. The van der Waals surface area contributed by atoms with Gasteiger partial charge in [0.15, 0.2) is 5.58 Å². The number of fused-ring (bicyclic) bond motifs is 1. The van der Waals surface area contributed by atoms with Crippen LogP contribution in [0.2, 0.25) is 5.02 Å². The van der Waals surface area contributed by atoms with Crippen molar-refractivity contribution in [2.75, 3.05) is 0 Å². The zero-order valence-electron chi connectivity index (χ0n) is 17.0. The van der Waals surface area contributed by atoms with Gasteiger partial charge in [0.25, 0.3) is 0 Å². The van der Waals surface area contributed by atoms with Gasteiger partial charge in [-0.25, -0.2) is 4.98 Å². The molecule has 0 fully saturated rings. The number of nitro benzene ring substituents is 1. The minimum Gasteiger partial charge on any atom is -0.502 e. The van der Waals surface area contributed by atoms with Gasteiger partial charge in [-0.3, -0.25) is 15.1 Å². The van der Waals surface area contributed by atoms with Crippen LogP contribution >= 0.6 is 11.6 Å². The van der Waals surface area contributed by atoms with Gasteiger partial charge >= 0.3 is 5.69 Å². The molecule has 0 spiro atoms. The van der Waals surface area contributed by atoms with Crippen molar-refractivity contribution in [1.29, 1.82) is 0 Å². The van der Waals surface area contributed by atoms with Crippen LogP contribution in [0.5, 0.6) is 5.75 Å². The van der Waals surface area contributed by atoms with E-state index < -0.39 is 16.4 Å². The molecule has 1 aromatic heterocycles. The molecule has 0 unspecified atom stereocenters. The molecule has 4 aromatic rings. The first kappa shape index (κ1) is 20.6. The van der Waals surface area contributed by atoms with Crippen LogP contribution in [-0.4, -0.2) is 21.2 Å². The number of hydrogen-bond acceptors (Lipinski definition) is 6. The highest BCUT2D eigenvalue weighted by Crippen LogP contribution is 2.40. The molecule has 0 aliphatic heterocycles. The number of benzene rings is 3. The van der Waals surface area contributed by atoms with Gasteiger partial charge in [0.1, 0.15) is 5.52 Å². The smallest absolute Gasteiger partial charge is 0.315 e. The Morgan fingerprint density at radius 1 is 1.13 bits per heavy atom. The number of nitrogens with zero attached hydrogens (tertiary/aromatic N) is 3. The van der Waals surface area contributed by atoms with Gasteiger partial charge in [-0.15, -0.1) is 0 Å². The minimum absolute atomic E-state index is 0.209. The van der Waals surface area contributed by atoms with E-state index in [4.69, 9.17) is 16.0 Å². The molecule has 7 nitrogen and oxygen atoms in total. The molecule has 1 N–H and O–H groups in total. The van der Waals surface area contributed by atoms with Gasteiger partial charge < -0.3 is 9.52 Å². The largest absolute Gasteiger partial charge is 0.502 e. The molecule has 0 bridgehead atoms. The van der Waals surface area contributed by atoms with Crippen molar-refractivity contribution in [3.8, 4) is 17.2 Å². The van der Waals surface area contributed by atoms with Gasteiger partial charge in [0.2, 0.25) is 11.6 Å². The number of halogens is 1. The predicted molar refractivity (Wildman–Crippen MR) is 121 cm³/mol. The van der Waals surface area contributed by atoms with E-state index in [0.717, 1.165) is 22.2 Å². The molecule has 3 aromatic carbocycles. The van der Waals surface area contributed by atoms with Crippen molar-refractivity contribution in [1.82, 2.24) is 4.98 Å². The first-order valence-electron chi connectivity index (χ1n) is 9.44. The average Bonchev–Trinajstić information content (AvgIpc) is 3.18. The van der Waals surface area contributed by atoms with E-state index in [0.29, 0.717) is 17.1 Å². The Kier molecular flexibility index (Phi) is 5.20. The second-order valence-corrected chi connectivity index (χ2v) is 7.56. The monoisotopic (exact) mass is 435 g/mol. The van der Waals surface area contributed by atoms with Crippen LogP contribution < -0.4 is 0 Å². The van der Waals surface area contributed by atoms with Crippen molar-refractivity contribution >= 4 is 40.3 Å². The van der Waals surface area contributed by atoms with Gasteiger partial charge in [-0.05, 0) is 62.2 Å². The van der Waals surface area contributed by atoms with Crippen molar-refractivity contribution in [3.63, 3.8) is 0 Å². The fourth-order valence-electron chi connectivity index (χ4n) is 3.41. The molecule has 0 aliphatic rings. The summed E-state index contributed by atoms with van der Waals surface area (Å²) in [5.41, 5.74) is 4.50. The first-order valence-corrected chi connectivity index (χ1v) is 9.82. The highest BCUT2D eigenvalue weighted by atomic mass is 35.5. The zero-order chi connectivity index (χ0) is 22.3. The van der Waals surface area contributed by atoms with E-state index in [1.807, 2.05) is 37.3 Å². The molecular weight excluding hydrogens is 418 g/mol. The molecule has 1 heterocycles. The number of phenols is 1. The lowest BCUT2D eigenvalue weighted by atomic mass is 10.0. The molecule has 0 radical (unpaired) electrons. The van der Waals surface area contributed by atoms with E-state index in [2.05, 4.69) is 9.98 Å². The minimum atomic E-state index is -0.649. The summed E-state index contributed by atoms with van der Waals surface area (Å²) < 4.78 is 5.83. The fraction of sp³-hybridized carbons (Fsp3) is 0.130. The van der Waals surface area contributed by atoms with E-state index in [-0.39, 0.29) is 16.1 Å². The molecule has 31 heavy (non-hydrogen) atoms. The van der Waals surface area contributed by atoms with Crippen LogP contribution in [0.1, 0.15) is 22.3 Å². The van der Waals surface area contributed by atoms with Crippen molar-refractivity contribution in [2.45, 2.75) is 20.8 Å². The number of oxazole rings is 1. The Morgan fingerprint density at radius 3 is 2.48 bits per heavy atom. The second-order valence-electron chi connectivity index (χ2n) is 7.18. The molecule has 0 atom stereocenters. The predicted octanol–water partition coefficient (Wildman–Crippen LogP) is 6.44. The lowest BCUT2D eigenvalue weighted by molar-refractivity contribution is -0.386. The van der Waals surface area contributed by atoms with Crippen LogP contribution in [0.25, 0.3) is 22.6 Å². The number of rotatable bonds is 4. The van der Waals surface area contributed by atoms with Crippen LogP contribution in [-0.2, 0) is 0 Å². The van der Waals surface area contributed by atoms with Crippen molar-refractivity contribution in [2.24, 2.45) is 4.99 Å². The number of aromatic nitrogens is 1. The number of hydrogen-bond donors (Lipinski definition) is 1. The summed E-state index contributed by atoms with van der Waals surface area (Å²) in [4.78, 5) is 19.6. The Labute approximate surface area is 182 Å². The number of nitro groups is 1. The first-order chi connectivity index (χ1) is 14.8. The number of para-hydroxylation sites is 1. The standard InChI is InChI=1S/C23H18ClN3O4/c1-12-5-4-6-18-20(12)26-23(31-18)15-7-9-16(10-8-15)25-11-17-13(2)19(24)14(3)21(22(17)28)27(29)30/h4-11,28H,1-3H3. The lowest BCUT2D eigenvalue weighted by Crippen LogP contribution is -1.99. The molecule has 0 saturated heterocycles. The molecule has 4 rings (SSSR count). The SMILES string of the molecule is Cc1c(Cl)c(C)c([N+](=O)[O-])c(O)c1C=Nc1ccc(-c2nc3c(C)cccc3o2)cc1. The Morgan fingerprint density at radius 2 is 1.84 bits per heavy atom. The van der Waals surface area contributed by atoms with Gasteiger partial charge in [0, 0.05) is 22.9 Å². The number of aromatic hydroxyl groups is 1. The summed E-state index contributed by atoms with van der Waals surface area (Å²) in [7, 11) is 0. The fourth-order valence-corrected chi connectivity index (χ4v) is 3.60. The molecule has 156 valence electrons. The van der Waals surface area contributed by atoms with Gasteiger partial charge in [0.05, 0.1) is 15.6 Å². The molecule has 0 aliphatic carbocycles. The third-order valence-corrected chi connectivity index (χ3v) is 5.72. The topological polar surface area (TPSA) is 102 Å². The maximum absolute atomic E-state index is 11.3. The molecule has 0 saturated carbocycles. The Bertz CT molecular complexity index is 1360. The van der Waals surface area contributed by atoms with Crippen LogP contribution in [0.4, 0.5) is 11.4 Å². The molecular formula is C23H18ClN3O4. The quantitative estimate of drug-likeness (QED) is 0.226. The normalized spacial score (nSPS) is 11.5. The lowest BCUT2D eigenvalue weighted by Gasteiger charge is -2.10. The maximum atomic E-state index is 11.3. The Hall–Kier alpha value is -3.71. The van der Waals surface area contributed by atoms with Gasteiger partial charge in [-0.2, -0.15) is 0 Å². The molecule has 8 heteroatoms. The van der Waals surface area contributed by atoms with Crippen LogP contribution in [0.3, 0.4) is 0 Å². The summed E-state index contributed by atoms with van der Waals surface area (Å²) in [6.07, 6.45) is 1.38. The third kappa shape index (κ3) is 3.64. The number of aliphatic imine (C=N–C) groups is 1. The summed E-state index contributed by atoms with van der Waals surface area (Å²) in [5, 5.41) is 21.9. The maximum Gasteiger partial charge on any atom is 0.315 e. The summed E-state index contributed by atoms with van der Waals surface area (Å²) >= 11 is 6.22. The second kappa shape index (κ2) is 7.85. The van der Waals surface area contributed by atoms with E-state index in [1.165, 1.54) is 13.1 Å². The summed E-state index contributed by atoms with van der Waals surface area (Å²) in [5.74, 6) is 0.0564. The molecule has 0 amide bonds. The summed E-state index contributed by atoms with van der Waals surface area (Å²) in [6, 6.07) is 13.0. The van der Waals surface area contributed by atoms with Crippen LogP contribution in [0, 0.1) is 30.9 Å². The van der Waals surface area contributed by atoms with Crippen molar-refractivity contribution in [3.05, 3.63) is 79.9 Å². The average molecular weight is 436 g/mol. The highest BCUT2D eigenvalue weighted by molar-refractivity contribution is 6.33.